The molecule has 3 aromatic carbocycles. The number of halogens is 5. The Balaban J connectivity index is 1.67. The van der Waals surface area contributed by atoms with E-state index >= 15 is 0 Å². The molecular weight excluding hydrogens is 440 g/mol. The first-order valence-corrected chi connectivity index (χ1v) is 9.24. The second kappa shape index (κ2) is 8.77. The Labute approximate surface area is 179 Å². The van der Waals surface area contributed by atoms with Crippen LogP contribution in [0.4, 0.5) is 24.5 Å². The number of hydrogen-bond acceptors (Lipinski definition) is 2. The predicted molar refractivity (Wildman–Crippen MR) is 110 cm³/mol. The number of benzene rings is 3. The maximum absolute atomic E-state index is 12.8. The second-order valence-corrected chi connectivity index (χ2v) is 7.01. The van der Waals surface area contributed by atoms with E-state index in [-0.39, 0.29) is 16.3 Å². The van der Waals surface area contributed by atoms with Gasteiger partial charge in [0.1, 0.15) is 0 Å². The summed E-state index contributed by atoms with van der Waals surface area (Å²) in [6, 6.07) is 14.6. The lowest BCUT2D eigenvalue weighted by Crippen LogP contribution is -2.14. The van der Waals surface area contributed by atoms with E-state index in [0.29, 0.717) is 16.3 Å². The maximum Gasteiger partial charge on any atom is 0.416 e. The van der Waals surface area contributed by atoms with E-state index in [1.54, 1.807) is 0 Å². The van der Waals surface area contributed by atoms with Crippen molar-refractivity contribution < 1.29 is 22.8 Å². The average molecular weight is 453 g/mol. The van der Waals surface area contributed by atoms with Crippen molar-refractivity contribution in [3.8, 4) is 0 Å². The standard InChI is InChI=1S/C21H13Cl2F3N2O2/c22-17-9-6-13(10-18(17)23)20(30)27-15-7-4-12(5-8-15)19(29)28-16-3-1-2-14(11-16)21(24,25)26/h1-11H,(H,27,30)(H,28,29). The monoisotopic (exact) mass is 452 g/mol. The van der Waals surface area contributed by atoms with E-state index in [1.807, 2.05) is 0 Å². The first kappa shape index (κ1) is 21.7. The predicted octanol–water partition coefficient (Wildman–Crippen LogP) is 6.52. The van der Waals surface area contributed by atoms with Crippen LogP contribution in [0.1, 0.15) is 26.3 Å². The highest BCUT2D eigenvalue weighted by atomic mass is 35.5. The van der Waals surface area contributed by atoms with Gasteiger partial charge in [0.15, 0.2) is 0 Å². The van der Waals surface area contributed by atoms with Crippen LogP contribution in [0.2, 0.25) is 10.0 Å². The van der Waals surface area contributed by atoms with Crippen LogP contribution in [-0.4, -0.2) is 11.8 Å². The van der Waals surface area contributed by atoms with E-state index in [1.165, 1.54) is 54.6 Å². The molecule has 3 rings (SSSR count). The minimum Gasteiger partial charge on any atom is -0.322 e. The van der Waals surface area contributed by atoms with Crippen molar-refractivity contribution in [1.29, 1.82) is 0 Å². The van der Waals surface area contributed by atoms with Gasteiger partial charge in [0, 0.05) is 22.5 Å². The van der Waals surface area contributed by atoms with Gasteiger partial charge in [-0.05, 0) is 60.7 Å². The fourth-order valence-corrected chi connectivity index (χ4v) is 2.82. The van der Waals surface area contributed by atoms with Crippen LogP contribution in [0.3, 0.4) is 0 Å². The molecule has 0 aliphatic rings. The van der Waals surface area contributed by atoms with Crippen LogP contribution in [-0.2, 0) is 6.18 Å². The molecule has 0 atom stereocenters. The Morgan fingerprint density at radius 1 is 0.700 bits per heavy atom. The number of nitrogens with one attached hydrogen (secondary N) is 2. The minimum atomic E-state index is -4.51. The average Bonchev–Trinajstić information content (AvgIpc) is 2.70. The molecule has 9 heteroatoms. The molecule has 4 nitrogen and oxygen atoms in total. The normalized spacial score (nSPS) is 11.1. The van der Waals surface area contributed by atoms with Crippen molar-refractivity contribution in [2.45, 2.75) is 6.18 Å². The van der Waals surface area contributed by atoms with Gasteiger partial charge in [0.25, 0.3) is 11.8 Å². The molecule has 0 heterocycles. The van der Waals surface area contributed by atoms with Crippen LogP contribution in [0.5, 0.6) is 0 Å². The topological polar surface area (TPSA) is 58.2 Å². The molecule has 0 aliphatic heterocycles. The summed E-state index contributed by atoms with van der Waals surface area (Å²) >= 11 is 11.7. The van der Waals surface area contributed by atoms with Crippen LogP contribution in [0, 0.1) is 0 Å². The molecule has 0 aliphatic carbocycles. The molecule has 0 bridgehead atoms. The third kappa shape index (κ3) is 5.31. The number of rotatable bonds is 4. The number of alkyl halides is 3. The molecular formula is C21H13Cl2F3N2O2. The lowest BCUT2D eigenvalue weighted by Gasteiger charge is -2.10. The van der Waals surface area contributed by atoms with Crippen LogP contribution in [0.15, 0.2) is 66.7 Å². The fraction of sp³-hybridized carbons (Fsp3) is 0.0476. The first-order chi connectivity index (χ1) is 14.1. The number of carbonyl (C=O) groups excluding carboxylic acids is 2. The van der Waals surface area contributed by atoms with Crippen molar-refractivity contribution in [2.75, 3.05) is 10.6 Å². The molecule has 2 amide bonds. The largest absolute Gasteiger partial charge is 0.416 e. The molecule has 0 radical (unpaired) electrons. The van der Waals surface area contributed by atoms with Crippen LogP contribution >= 0.6 is 23.2 Å². The number of amides is 2. The zero-order chi connectivity index (χ0) is 21.9. The summed E-state index contributed by atoms with van der Waals surface area (Å²) < 4.78 is 38.3. The van der Waals surface area contributed by atoms with Crippen molar-refractivity contribution in [3.05, 3.63) is 93.5 Å². The maximum atomic E-state index is 12.8. The smallest absolute Gasteiger partial charge is 0.322 e. The molecule has 0 saturated heterocycles. The van der Waals surface area contributed by atoms with E-state index < -0.39 is 23.6 Å². The summed E-state index contributed by atoms with van der Waals surface area (Å²) in [7, 11) is 0. The Bertz CT molecular complexity index is 1100. The lowest BCUT2D eigenvalue weighted by molar-refractivity contribution is -0.137. The van der Waals surface area contributed by atoms with Crippen molar-refractivity contribution in [3.63, 3.8) is 0 Å². The second-order valence-electron chi connectivity index (χ2n) is 6.19. The molecule has 3 aromatic rings. The quantitative estimate of drug-likeness (QED) is 0.473. The van der Waals surface area contributed by atoms with E-state index in [4.69, 9.17) is 23.2 Å². The van der Waals surface area contributed by atoms with Gasteiger partial charge >= 0.3 is 6.18 Å². The third-order valence-electron chi connectivity index (χ3n) is 4.03. The minimum absolute atomic E-state index is 0.0202. The van der Waals surface area contributed by atoms with Gasteiger partial charge in [-0.15, -0.1) is 0 Å². The Morgan fingerprint density at radius 2 is 1.30 bits per heavy atom. The fourth-order valence-electron chi connectivity index (χ4n) is 2.52. The summed E-state index contributed by atoms with van der Waals surface area (Å²) in [5.41, 5.74) is 0.0879. The number of carbonyl (C=O) groups is 2. The van der Waals surface area contributed by atoms with Crippen molar-refractivity contribution >= 4 is 46.4 Å². The zero-order valence-corrected chi connectivity index (χ0v) is 16.6. The van der Waals surface area contributed by atoms with E-state index in [9.17, 15) is 22.8 Å². The van der Waals surface area contributed by atoms with Gasteiger partial charge in [0.05, 0.1) is 15.6 Å². The van der Waals surface area contributed by atoms with Crippen molar-refractivity contribution in [1.82, 2.24) is 0 Å². The van der Waals surface area contributed by atoms with Gasteiger partial charge in [-0.1, -0.05) is 29.3 Å². The summed E-state index contributed by atoms with van der Waals surface area (Å²) in [4.78, 5) is 24.6. The zero-order valence-electron chi connectivity index (χ0n) is 15.1. The Morgan fingerprint density at radius 3 is 1.93 bits per heavy atom. The number of anilines is 2. The Kier molecular flexibility index (Phi) is 6.34. The van der Waals surface area contributed by atoms with E-state index in [0.717, 1.165) is 12.1 Å². The van der Waals surface area contributed by atoms with Crippen LogP contribution in [0.25, 0.3) is 0 Å². The highest BCUT2D eigenvalue weighted by Crippen LogP contribution is 2.30. The summed E-state index contributed by atoms with van der Waals surface area (Å²) in [5.74, 6) is -1.01. The summed E-state index contributed by atoms with van der Waals surface area (Å²) in [5, 5.41) is 5.63. The van der Waals surface area contributed by atoms with Gasteiger partial charge in [-0.3, -0.25) is 9.59 Å². The Hall–Kier alpha value is -3.03. The molecule has 0 fully saturated rings. The first-order valence-electron chi connectivity index (χ1n) is 8.48. The molecule has 154 valence electrons. The molecule has 30 heavy (non-hydrogen) atoms. The lowest BCUT2D eigenvalue weighted by atomic mass is 10.1. The van der Waals surface area contributed by atoms with Crippen LogP contribution < -0.4 is 10.6 Å². The molecule has 0 saturated carbocycles. The highest BCUT2D eigenvalue weighted by Gasteiger charge is 2.30. The van der Waals surface area contributed by atoms with Gasteiger partial charge in [-0.2, -0.15) is 13.2 Å². The summed E-state index contributed by atoms with van der Waals surface area (Å²) in [6.45, 7) is 0. The molecule has 0 unspecified atom stereocenters. The number of hydrogen-bond donors (Lipinski definition) is 2. The van der Waals surface area contributed by atoms with Crippen molar-refractivity contribution in [2.24, 2.45) is 0 Å². The third-order valence-corrected chi connectivity index (χ3v) is 4.77. The summed E-state index contributed by atoms with van der Waals surface area (Å²) in [6.07, 6.45) is -4.51. The van der Waals surface area contributed by atoms with Gasteiger partial charge in [-0.25, -0.2) is 0 Å². The van der Waals surface area contributed by atoms with Gasteiger partial charge < -0.3 is 10.6 Å². The molecule has 2 N–H and O–H groups in total. The SMILES string of the molecule is O=C(Nc1cccc(C(F)(F)F)c1)c1ccc(NC(=O)c2ccc(Cl)c(Cl)c2)cc1. The molecule has 0 aromatic heterocycles. The van der Waals surface area contributed by atoms with E-state index in [2.05, 4.69) is 10.6 Å². The molecule has 0 spiro atoms. The van der Waals surface area contributed by atoms with Gasteiger partial charge in [0.2, 0.25) is 0 Å². The highest BCUT2D eigenvalue weighted by molar-refractivity contribution is 6.42.